The predicted octanol–water partition coefficient (Wildman–Crippen LogP) is 1.07. The third-order valence-electron chi connectivity index (χ3n) is 2.20. The summed E-state index contributed by atoms with van der Waals surface area (Å²) in [5.74, 6) is -1.26. The van der Waals surface area contributed by atoms with Gasteiger partial charge in [-0.2, -0.15) is 27.4 Å². The average molecular weight is 259 g/mol. The smallest absolute Gasteiger partial charge is 0.280 e. The molecule has 0 bridgehead atoms. The predicted molar refractivity (Wildman–Crippen MR) is 56.8 cm³/mol. The highest BCUT2D eigenvalue weighted by molar-refractivity contribution is 7.85. The van der Waals surface area contributed by atoms with Crippen LogP contribution in [0.5, 0.6) is 0 Å². The first-order valence-electron chi connectivity index (χ1n) is 4.95. The lowest BCUT2D eigenvalue weighted by Gasteiger charge is -2.00. The van der Waals surface area contributed by atoms with E-state index in [0.29, 0.717) is 12.1 Å². The molecule has 0 fully saturated rings. The molecule has 0 aliphatic rings. The monoisotopic (exact) mass is 259 g/mol. The molecule has 0 radical (unpaired) electrons. The van der Waals surface area contributed by atoms with Crippen LogP contribution < -0.4 is 0 Å². The molecule has 17 heavy (non-hydrogen) atoms. The third kappa shape index (κ3) is 2.13. The summed E-state index contributed by atoms with van der Waals surface area (Å²) >= 11 is 0. The molecule has 0 aliphatic heterocycles. The van der Waals surface area contributed by atoms with Crippen LogP contribution in [-0.2, 0) is 16.5 Å². The van der Waals surface area contributed by atoms with Gasteiger partial charge in [-0.3, -0.25) is 4.55 Å². The van der Waals surface area contributed by atoms with Gasteiger partial charge in [0.2, 0.25) is 5.03 Å². The molecule has 0 aliphatic carbocycles. The van der Waals surface area contributed by atoms with Crippen LogP contribution in [0.15, 0.2) is 17.2 Å². The molecule has 2 rings (SSSR count). The van der Waals surface area contributed by atoms with E-state index in [0.717, 1.165) is 10.9 Å². The van der Waals surface area contributed by atoms with Crippen LogP contribution in [0, 0.1) is 5.95 Å². The summed E-state index contributed by atoms with van der Waals surface area (Å²) in [4.78, 5) is 3.38. The zero-order valence-corrected chi connectivity index (χ0v) is 9.78. The van der Waals surface area contributed by atoms with Crippen molar-refractivity contribution in [3.05, 3.63) is 23.8 Å². The highest BCUT2D eigenvalue weighted by atomic mass is 32.2. The zero-order valence-electron chi connectivity index (χ0n) is 8.96. The molecule has 92 valence electrons. The lowest BCUT2D eigenvalue weighted by Crippen LogP contribution is -2.08. The Balaban J connectivity index is 2.74. The summed E-state index contributed by atoms with van der Waals surface area (Å²) < 4.78 is 45.0. The third-order valence-corrected chi connectivity index (χ3v) is 3.03. The van der Waals surface area contributed by atoms with Gasteiger partial charge in [0, 0.05) is 0 Å². The van der Waals surface area contributed by atoms with Gasteiger partial charge in [0.05, 0.1) is 5.69 Å². The van der Waals surface area contributed by atoms with Crippen LogP contribution in [0.2, 0.25) is 0 Å². The van der Waals surface area contributed by atoms with Gasteiger partial charge in [0.1, 0.15) is 0 Å². The Kier molecular flexibility index (Phi) is 2.84. The van der Waals surface area contributed by atoms with E-state index in [1.54, 1.807) is 6.07 Å². The Labute approximate surface area is 96.8 Å². The summed E-state index contributed by atoms with van der Waals surface area (Å²) in [6.07, 6.45) is 1.44. The first kappa shape index (κ1) is 11.9. The van der Waals surface area contributed by atoms with Crippen LogP contribution in [0.3, 0.4) is 0 Å². The Morgan fingerprint density at radius 2 is 2.18 bits per heavy atom. The molecular weight excluding hydrogens is 249 g/mol. The number of aryl methyl sites for hydroxylation is 1. The van der Waals surface area contributed by atoms with E-state index in [1.807, 2.05) is 6.92 Å². The average Bonchev–Trinajstić information content (AvgIpc) is 2.53. The van der Waals surface area contributed by atoms with E-state index in [9.17, 15) is 12.8 Å². The highest BCUT2D eigenvalue weighted by Gasteiger charge is 2.24. The summed E-state index contributed by atoms with van der Waals surface area (Å²) in [5, 5.41) is 3.00. The van der Waals surface area contributed by atoms with E-state index in [4.69, 9.17) is 4.55 Å². The number of fused-ring (bicyclic) bond motifs is 1. The highest BCUT2D eigenvalue weighted by Crippen LogP contribution is 2.16. The largest absolute Gasteiger partial charge is 0.316 e. The molecule has 0 unspecified atom stereocenters. The molecule has 0 aromatic carbocycles. The van der Waals surface area contributed by atoms with Crippen molar-refractivity contribution in [2.45, 2.75) is 24.8 Å². The SMILES string of the molecule is CCCc1ccc2nc(F)c(S(=O)(=O)O)n2n1. The molecule has 0 amide bonds. The van der Waals surface area contributed by atoms with Gasteiger partial charge in [-0.15, -0.1) is 0 Å². The molecule has 8 heteroatoms. The van der Waals surface area contributed by atoms with E-state index < -0.39 is 21.1 Å². The molecule has 2 aromatic heterocycles. The first-order chi connectivity index (χ1) is 7.93. The number of aromatic nitrogens is 3. The van der Waals surface area contributed by atoms with Crippen LogP contribution in [-0.4, -0.2) is 27.6 Å². The van der Waals surface area contributed by atoms with Crippen molar-refractivity contribution < 1.29 is 17.4 Å². The van der Waals surface area contributed by atoms with Crippen molar-refractivity contribution in [2.75, 3.05) is 0 Å². The molecule has 0 saturated carbocycles. The molecule has 0 spiro atoms. The maximum atomic E-state index is 13.3. The maximum Gasteiger partial charge on any atom is 0.316 e. The van der Waals surface area contributed by atoms with E-state index in [1.165, 1.54) is 6.07 Å². The summed E-state index contributed by atoms with van der Waals surface area (Å²) in [6, 6.07) is 3.09. The second-order valence-electron chi connectivity index (χ2n) is 3.53. The van der Waals surface area contributed by atoms with Crippen LogP contribution in [0.1, 0.15) is 19.0 Å². The first-order valence-corrected chi connectivity index (χ1v) is 6.39. The topological polar surface area (TPSA) is 84.6 Å². The van der Waals surface area contributed by atoms with Gasteiger partial charge >= 0.3 is 10.1 Å². The fraction of sp³-hybridized carbons (Fsp3) is 0.333. The molecule has 2 heterocycles. The normalized spacial score (nSPS) is 12.2. The van der Waals surface area contributed by atoms with Crippen LogP contribution >= 0.6 is 0 Å². The number of imidazole rings is 1. The Morgan fingerprint density at radius 1 is 1.47 bits per heavy atom. The molecule has 1 N–H and O–H groups in total. The minimum absolute atomic E-state index is 0.0370. The number of rotatable bonds is 3. The standard InChI is InChI=1S/C9H10FN3O3S/c1-2-3-6-4-5-7-11-8(10)9(13(7)12-6)17(14,15)16/h4-5H,2-3H2,1H3,(H,14,15,16). The second kappa shape index (κ2) is 4.04. The molecule has 6 nitrogen and oxygen atoms in total. The van der Waals surface area contributed by atoms with Gasteiger partial charge in [-0.1, -0.05) is 13.3 Å². The van der Waals surface area contributed by atoms with E-state index in [-0.39, 0.29) is 5.65 Å². The summed E-state index contributed by atoms with van der Waals surface area (Å²) in [6.45, 7) is 1.93. The van der Waals surface area contributed by atoms with Gasteiger partial charge in [0.25, 0.3) is 5.95 Å². The van der Waals surface area contributed by atoms with Crippen molar-refractivity contribution in [3.8, 4) is 0 Å². The number of hydrogen-bond acceptors (Lipinski definition) is 4. The molecule has 2 aromatic rings. The fourth-order valence-electron chi connectivity index (χ4n) is 1.53. The van der Waals surface area contributed by atoms with Crippen molar-refractivity contribution >= 4 is 15.8 Å². The van der Waals surface area contributed by atoms with Crippen molar-refractivity contribution in [1.82, 2.24) is 14.6 Å². The van der Waals surface area contributed by atoms with Gasteiger partial charge in [-0.05, 0) is 18.6 Å². The Hall–Kier alpha value is -1.54. The molecule has 0 atom stereocenters. The Morgan fingerprint density at radius 3 is 2.76 bits per heavy atom. The van der Waals surface area contributed by atoms with Crippen molar-refractivity contribution in [1.29, 1.82) is 0 Å². The zero-order chi connectivity index (χ0) is 12.6. The van der Waals surface area contributed by atoms with Crippen molar-refractivity contribution in [2.24, 2.45) is 0 Å². The number of hydrogen-bond donors (Lipinski definition) is 1. The van der Waals surface area contributed by atoms with Crippen LogP contribution in [0.4, 0.5) is 4.39 Å². The lowest BCUT2D eigenvalue weighted by molar-refractivity contribution is 0.459. The van der Waals surface area contributed by atoms with Gasteiger partial charge < -0.3 is 0 Å². The molecule has 0 saturated heterocycles. The fourth-order valence-corrected chi connectivity index (χ4v) is 2.14. The second-order valence-corrected chi connectivity index (χ2v) is 4.86. The van der Waals surface area contributed by atoms with Crippen molar-refractivity contribution in [3.63, 3.8) is 0 Å². The number of nitrogens with zero attached hydrogens (tertiary/aromatic N) is 3. The maximum absolute atomic E-state index is 13.3. The van der Waals surface area contributed by atoms with E-state index in [2.05, 4.69) is 10.1 Å². The quantitative estimate of drug-likeness (QED) is 0.833. The Bertz CT molecular complexity index is 665. The van der Waals surface area contributed by atoms with Crippen LogP contribution in [0.25, 0.3) is 5.65 Å². The van der Waals surface area contributed by atoms with Gasteiger partial charge in [0.15, 0.2) is 5.65 Å². The summed E-state index contributed by atoms with van der Waals surface area (Å²) in [7, 11) is -4.69. The minimum atomic E-state index is -4.69. The summed E-state index contributed by atoms with van der Waals surface area (Å²) in [5.41, 5.74) is 0.636. The van der Waals surface area contributed by atoms with Gasteiger partial charge in [-0.25, -0.2) is 0 Å². The molecular formula is C9H10FN3O3S. The minimum Gasteiger partial charge on any atom is -0.280 e. The van der Waals surface area contributed by atoms with E-state index >= 15 is 0 Å². The number of halogens is 1. The lowest BCUT2D eigenvalue weighted by atomic mass is 10.2.